The van der Waals surface area contributed by atoms with E-state index in [9.17, 15) is 9.18 Å². The lowest BCUT2D eigenvalue weighted by molar-refractivity contribution is -0.143. The average Bonchev–Trinajstić information content (AvgIpc) is 3.13. The van der Waals surface area contributed by atoms with Gasteiger partial charge in [-0.2, -0.15) is 0 Å². The molecule has 144 valence electrons. The molecule has 4 nitrogen and oxygen atoms in total. The van der Waals surface area contributed by atoms with Gasteiger partial charge in [0.15, 0.2) is 0 Å². The first kappa shape index (κ1) is 19.3. The fourth-order valence-electron chi connectivity index (χ4n) is 4.81. The Morgan fingerprint density at radius 2 is 2.15 bits per heavy atom. The van der Waals surface area contributed by atoms with Crippen LogP contribution in [0.1, 0.15) is 51.5 Å². The highest BCUT2D eigenvalue weighted by atomic mass is 19.1. The summed E-state index contributed by atoms with van der Waals surface area (Å²) < 4.78 is 19.3. The lowest BCUT2D eigenvalue weighted by atomic mass is 9.60. The topological polar surface area (TPSA) is 41.6 Å². The number of likely N-dealkylation sites (N-methyl/N-ethyl adjacent to an activating group) is 1. The molecule has 0 bridgehead atoms. The van der Waals surface area contributed by atoms with Gasteiger partial charge in [0.25, 0.3) is 0 Å². The van der Waals surface area contributed by atoms with Crippen LogP contribution in [0.5, 0.6) is 0 Å². The van der Waals surface area contributed by atoms with Crippen molar-refractivity contribution < 1.29 is 13.9 Å². The van der Waals surface area contributed by atoms with Gasteiger partial charge in [-0.15, -0.1) is 0 Å². The second-order valence-corrected chi connectivity index (χ2v) is 7.89. The Bertz CT molecular complexity index is 630. The van der Waals surface area contributed by atoms with Gasteiger partial charge in [0.1, 0.15) is 5.82 Å². The van der Waals surface area contributed by atoms with Crippen LogP contribution in [0.2, 0.25) is 0 Å². The first-order valence-corrected chi connectivity index (χ1v) is 9.83. The molecule has 3 atom stereocenters. The summed E-state index contributed by atoms with van der Waals surface area (Å²) in [4.78, 5) is 14.4. The minimum Gasteiger partial charge on any atom is -0.378 e. The molecule has 5 heteroatoms. The summed E-state index contributed by atoms with van der Waals surface area (Å²) in [6.45, 7) is 5.15. The molecule has 0 heterocycles. The molecule has 1 spiro atoms. The molecule has 1 amide bonds. The molecular formula is C21H31FN2O2. The van der Waals surface area contributed by atoms with E-state index in [1.54, 1.807) is 18.0 Å². The summed E-state index contributed by atoms with van der Waals surface area (Å²) in [5.74, 6) is -0.226. The number of benzene rings is 1. The van der Waals surface area contributed by atoms with Gasteiger partial charge in [0.2, 0.25) is 5.91 Å². The van der Waals surface area contributed by atoms with Crippen LogP contribution in [-0.4, -0.2) is 42.6 Å². The molecule has 1 N–H and O–H groups in total. The molecule has 2 saturated carbocycles. The van der Waals surface area contributed by atoms with Gasteiger partial charge in [0.05, 0.1) is 12.1 Å². The van der Waals surface area contributed by atoms with Crippen LogP contribution >= 0.6 is 0 Å². The van der Waals surface area contributed by atoms with Crippen LogP contribution < -0.4 is 5.32 Å². The predicted octanol–water partition coefficient (Wildman–Crippen LogP) is 3.50. The summed E-state index contributed by atoms with van der Waals surface area (Å²) in [5.41, 5.74) is 1.02. The standard InChI is InChI=1S/C21H31FN2O2/c1-4-26-19-13-18(21(19)10-5-6-11-21)23-15(2)20(25)24(3)14-16-8-7-9-17(22)12-16/h7-9,12,15,18-19,23H,4-6,10-11,13-14H2,1-3H3/t15-,18+,19-/m1/s1. The number of rotatable bonds is 7. The lowest BCUT2D eigenvalue weighted by Gasteiger charge is -2.55. The van der Waals surface area contributed by atoms with E-state index in [4.69, 9.17) is 4.74 Å². The van der Waals surface area contributed by atoms with E-state index in [-0.39, 0.29) is 23.2 Å². The second kappa shape index (κ2) is 8.05. The Balaban J connectivity index is 1.57. The van der Waals surface area contributed by atoms with Crippen LogP contribution in [0.15, 0.2) is 24.3 Å². The molecular weight excluding hydrogens is 331 g/mol. The van der Waals surface area contributed by atoms with E-state index in [1.807, 2.05) is 13.0 Å². The number of hydrogen-bond acceptors (Lipinski definition) is 3. The fraction of sp³-hybridized carbons (Fsp3) is 0.667. The SMILES string of the molecule is CCO[C@@H]1C[C@H](N[C@H](C)C(=O)N(C)Cc2cccc(F)c2)C12CCCC2. The molecule has 0 unspecified atom stereocenters. The Kier molecular flexibility index (Phi) is 5.98. The normalized spacial score (nSPS) is 25.1. The van der Waals surface area contributed by atoms with E-state index >= 15 is 0 Å². The minimum atomic E-state index is -0.269. The van der Waals surface area contributed by atoms with Gasteiger partial charge in [-0.3, -0.25) is 4.79 Å². The summed E-state index contributed by atoms with van der Waals surface area (Å²) in [6, 6.07) is 6.52. The second-order valence-electron chi connectivity index (χ2n) is 7.89. The first-order valence-electron chi connectivity index (χ1n) is 9.83. The first-order chi connectivity index (χ1) is 12.5. The largest absolute Gasteiger partial charge is 0.378 e. The number of ether oxygens (including phenoxy) is 1. The molecule has 2 aliphatic rings. The van der Waals surface area contributed by atoms with Crippen molar-refractivity contribution in [3.8, 4) is 0 Å². The number of amides is 1. The third kappa shape index (κ3) is 3.79. The molecule has 3 rings (SSSR count). The highest BCUT2D eigenvalue weighted by molar-refractivity contribution is 5.81. The fourth-order valence-corrected chi connectivity index (χ4v) is 4.81. The highest BCUT2D eigenvalue weighted by Gasteiger charge is 2.56. The van der Waals surface area contributed by atoms with Crippen molar-refractivity contribution >= 4 is 5.91 Å². The highest BCUT2D eigenvalue weighted by Crippen LogP contribution is 2.54. The molecule has 0 saturated heterocycles. The third-order valence-corrected chi connectivity index (χ3v) is 6.19. The maximum absolute atomic E-state index is 13.3. The molecule has 2 fully saturated rings. The van der Waals surface area contributed by atoms with Crippen LogP contribution in [0, 0.1) is 11.2 Å². The number of nitrogens with one attached hydrogen (secondary N) is 1. The third-order valence-electron chi connectivity index (χ3n) is 6.19. The van der Waals surface area contributed by atoms with Crippen LogP contribution in [0.4, 0.5) is 4.39 Å². The van der Waals surface area contributed by atoms with E-state index < -0.39 is 0 Å². The van der Waals surface area contributed by atoms with Crippen molar-refractivity contribution in [1.82, 2.24) is 10.2 Å². The van der Waals surface area contributed by atoms with Crippen LogP contribution in [0.25, 0.3) is 0 Å². The summed E-state index contributed by atoms with van der Waals surface area (Å²) >= 11 is 0. The van der Waals surface area contributed by atoms with Gasteiger partial charge >= 0.3 is 0 Å². The number of carbonyl (C=O) groups is 1. The number of nitrogens with zero attached hydrogens (tertiary/aromatic N) is 1. The van der Waals surface area contributed by atoms with Crippen LogP contribution in [-0.2, 0) is 16.1 Å². The van der Waals surface area contributed by atoms with E-state index in [1.165, 1.54) is 37.8 Å². The molecule has 2 aliphatic carbocycles. The monoisotopic (exact) mass is 362 g/mol. The molecule has 1 aromatic carbocycles. The van der Waals surface area contributed by atoms with E-state index in [0.29, 0.717) is 18.7 Å². The average molecular weight is 362 g/mol. The number of halogens is 1. The van der Waals surface area contributed by atoms with Crippen molar-refractivity contribution in [2.75, 3.05) is 13.7 Å². The van der Waals surface area contributed by atoms with Gasteiger partial charge in [-0.1, -0.05) is 25.0 Å². The predicted molar refractivity (Wildman–Crippen MR) is 100 cm³/mol. The molecule has 0 aliphatic heterocycles. The van der Waals surface area contributed by atoms with Crippen LogP contribution in [0.3, 0.4) is 0 Å². The van der Waals surface area contributed by atoms with Crippen molar-refractivity contribution in [2.24, 2.45) is 5.41 Å². The maximum atomic E-state index is 13.3. The smallest absolute Gasteiger partial charge is 0.239 e. The van der Waals surface area contributed by atoms with Crippen molar-refractivity contribution in [2.45, 2.75) is 70.7 Å². The Morgan fingerprint density at radius 1 is 1.42 bits per heavy atom. The molecule has 26 heavy (non-hydrogen) atoms. The van der Waals surface area contributed by atoms with Gasteiger partial charge in [-0.25, -0.2) is 4.39 Å². The summed E-state index contributed by atoms with van der Waals surface area (Å²) in [7, 11) is 1.78. The van der Waals surface area contributed by atoms with E-state index in [0.717, 1.165) is 18.6 Å². The van der Waals surface area contributed by atoms with Gasteiger partial charge in [0, 0.05) is 31.7 Å². The Morgan fingerprint density at radius 3 is 2.81 bits per heavy atom. The van der Waals surface area contributed by atoms with Crippen molar-refractivity contribution in [3.63, 3.8) is 0 Å². The zero-order valence-corrected chi connectivity index (χ0v) is 16.1. The quantitative estimate of drug-likeness (QED) is 0.807. The molecule has 1 aromatic rings. The van der Waals surface area contributed by atoms with Gasteiger partial charge in [-0.05, 0) is 50.8 Å². The number of carbonyl (C=O) groups excluding carboxylic acids is 1. The maximum Gasteiger partial charge on any atom is 0.239 e. The molecule has 0 radical (unpaired) electrons. The van der Waals surface area contributed by atoms with Gasteiger partial charge < -0.3 is 15.0 Å². The zero-order chi connectivity index (χ0) is 18.7. The number of hydrogen-bond donors (Lipinski definition) is 1. The van der Waals surface area contributed by atoms with E-state index in [2.05, 4.69) is 12.2 Å². The van der Waals surface area contributed by atoms with Crippen molar-refractivity contribution in [3.05, 3.63) is 35.6 Å². The Labute approximate surface area is 156 Å². The minimum absolute atomic E-state index is 0.0438. The molecule has 0 aromatic heterocycles. The van der Waals surface area contributed by atoms with Crippen molar-refractivity contribution in [1.29, 1.82) is 0 Å². The Hall–Kier alpha value is -1.46. The summed E-state index contributed by atoms with van der Waals surface area (Å²) in [5, 5.41) is 3.57. The lowest BCUT2D eigenvalue weighted by Crippen LogP contribution is -2.65. The summed E-state index contributed by atoms with van der Waals surface area (Å²) in [6.07, 6.45) is 6.21. The zero-order valence-electron chi connectivity index (χ0n) is 16.1.